The highest BCUT2D eigenvalue weighted by Crippen LogP contribution is 1.89. The van der Waals surface area contributed by atoms with E-state index in [1.54, 1.807) is 0 Å². The molecule has 0 radical (unpaired) electrons. The molecule has 5 heteroatoms. The van der Waals surface area contributed by atoms with Crippen LogP contribution in [0, 0.1) is 0 Å². The minimum atomic E-state index is -0.235. The molecule has 0 aromatic heterocycles. The topological polar surface area (TPSA) is 50.4 Å². The maximum atomic E-state index is 10.4. The van der Waals surface area contributed by atoms with Gasteiger partial charge in [-0.1, -0.05) is 0 Å². The van der Waals surface area contributed by atoms with Crippen LogP contribution in [0.4, 0.5) is 0 Å². The third kappa shape index (κ3) is 4.19. The van der Waals surface area contributed by atoms with Gasteiger partial charge in [0.1, 0.15) is 0 Å². The van der Waals surface area contributed by atoms with Crippen LogP contribution >= 0.6 is 12.4 Å². The lowest BCUT2D eigenvalue weighted by Gasteiger charge is -2.23. The van der Waals surface area contributed by atoms with E-state index < -0.39 is 0 Å². The lowest BCUT2D eigenvalue weighted by atomic mass is 10.4. The van der Waals surface area contributed by atoms with Gasteiger partial charge >= 0.3 is 5.97 Å². The summed E-state index contributed by atoms with van der Waals surface area (Å²) in [7, 11) is 0. The summed E-state index contributed by atoms with van der Waals surface area (Å²) in [5, 5.41) is 6.15. The van der Waals surface area contributed by atoms with Crippen LogP contribution in [0.25, 0.3) is 0 Å². The molecular weight excluding hydrogens is 168 g/mol. The van der Waals surface area contributed by atoms with Crippen molar-refractivity contribution in [3.05, 3.63) is 0 Å². The molecule has 0 amide bonds. The molecule has 1 aliphatic rings. The van der Waals surface area contributed by atoms with Crippen molar-refractivity contribution in [3.8, 4) is 0 Å². The molecule has 11 heavy (non-hydrogen) atoms. The predicted molar refractivity (Wildman–Crippen MR) is 43.7 cm³/mol. The third-order valence-corrected chi connectivity index (χ3v) is 1.31. The molecule has 0 aromatic carbocycles. The first kappa shape index (κ1) is 10.7. The summed E-state index contributed by atoms with van der Waals surface area (Å²) in [6, 6.07) is 0. The number of carbonyl (C=O) groups is 1. The number of hydrogen-bond acceptors (Lipinski definition) is 4. The molecule has 2 N–H and O–H groups in total. The molecule has 1 atom stereocenters. The first-order valence-electron chi connectivity index (χ1n) is 3.40. The van der Waals surface area contributed by atoms with Crippen LogP contribution in [0.5, 0.6) is 0 Å². The normalized spacial score (nSPS) is 23.5. The highest BCUT2D eigenvalue weighted by atomic mass is 35.5. The van der Waals surface area contributed by atoms with Crippen LogP contribution in [0.2, 0.25) is 0 Å². The molecule has 1 unspecified atom stereocenters. The van der Waals surface area contributed by atoms with E-state index in [2.05, 4.69) is 10.6 Å². The number of esters is 1. The molecule has 0 aromatic rings. The van der Waals surface area contributed by atoms with Crippen molar-refractivity contribution in [3.63, 3.8) is 0 Å². The lowest BCUT2D eigenvalue weighted by molar-refractivity contribution is -0.148. The van der Waals surface area contributed by atoms with Crippen molar-refractivity contribution in [1.29, 1.82) is 0 Å². The van der Waals surface area contributed by atoms with E-state index in [0.29, 0.717) is 6.54 Å². The number of piperazine rings is 1. The molecule has 4 nitrogen and oxygen atoms in total. The Bertz CT molecular complexity index is 126. The van der Waals surface area contributed by atoms with E-state index in [0.717, 1.165) is 13.1 Å². The molecule has 1 heterocycles. The van der Waals surface area contributed by atoms with Crippen LogP contribution in [0.3, 0.4) is 0 Å². The Morgan fingerprint density at radius 1 is 1.55 bits per heavy atom. The van der Waals surface area contributed by atoms with E-state index in [1.807, 2.05) is 0 Å². The van der Waals surface area contributed by atoms with Crippen LogP contribution < -0.4 is 10.6 Å². The Kier molecular flexibility index (Phi) is 5.19. The second kappa shape index (κ2) is 5.35. The Morgan fingerprint density at radius 2 is 2.27 bits per heavy atom. The zero-order chi connectivity index (χ0) is 7.40. The van der Waals surface area contributed by atoms with Gasteiger partial charge in [-0.2, -0.15) is 0 Å². The van der Waals surface area contributed by atoms with Crippen molar-refractivity contribution in [2.45, 2.75) is 13.2 Å². The van der Waals surface area contributed by atoms with Gasteiger partial charge in [-0.15, -0.1) is 12.4 Å². The minimum Gasteiger partial charge on any atom is -0.445 e. The zero-order valence-electron chi connectivity index (χ0n) is 6.42. The fraction of sp³-hybridized carbons (Fsp3) is 0.833. The molecule has 0 aliphatic carbocycles. The number of carbonyl (C=O) groups excluding carboxylic acids is 1. The molecule has 1 rings (SSSR count). The Morgan fingerprint density at radius 3 is 2.73 bits per heavy atom. The van der Waals surface area contributed by atoms with Crippen LogP contribution in [-0.4, -0.2) is 31.8 Å². The number of halogens is 1. The van der Waals surface area contributed by atoms with Gasteiger partial charge in [0, 0.05) is 26.6 Å². The van der Waals surface area contributed by atoms with Crippen molar-refractivity contribution in [2.24, 2.45) is 0 Å². The van der Waals surface area contributed by atoms with Gasteiger partial charge in [-0.25, -0.2) is 0 Å². The first-order valence-corrected chi connectivity index (χ1v) is 3.40. The zero-order valence-corrected chi connectivity index (χ0v) is 7.24. The van der Waals surface area contributed by atoms with Crippen LogP contribution in [-0.2, 0) is 9.53 Å². The van der Waals surface area contributed by atoms with Crippen LogP contribution in [0.1, 0.15) is 6.92 Å². The summed E-state index contributed by atoms with van der Waals surface area (Å²) >= 11 is 0. The quantitative estimate of drug-likeness (QED) is 0.534. The molecule has 1 fully saturated rings. The highest BCUT2D eigenvalue weighted by Gasteiger charge is 2.13. The third-order valence-electron chi connectivity index (χ3n) is 1.31. The van der Waals surface area contributed by atoms with Crippen molar-refractivity contribution in [1.82, 2.24) is 10.6 Å². The van der Waals surface area contributed by atoms with Gasteiger partial charge in [0.25, 0.3) is 0 Å². The monoisotopic (exact) mass is 180 g/mol. The van der Waals surface area contributed by atoms with Gasteiger partial charge in [0.15, 0.2) is 6.23 Å². The lowest BCUT2D eigenvalue weighted by Crippen LogP contribution is -2.50. The summed E-state index contributed by atoms with van der Waals surface area (Å²) in [5.41, 5.74) is 0. The molecule has 0 saturated carbocycles. The van der Waals surface area contributed by atoms with E-state index in [4.69, 9.17) is 4.74 Å². The number of rotatable bonds is 1. The van der Waals surface area contributed by atoms with Gasteiger partial charge in [-0.3, -0.25) is 10.1 Å². The molecule has 1 aliphatic heterocycles. The minimum absolute atomic E-state index is 0. The second-order valence-electron chi connectivity index (χ2n) is 2.26. The van der Waals surface area contributed by atoms with Gasteiger partial charge < -0.3 is 10.1 Å². The van der Waals surface area contributed by atoms with E-state index in [-0.39, 0.29) is 24.6 Å². The highest BCUT2D eigenvalue weighted by molar-refractivity contribution is 5.85. The summed E-state index contributed by atoms with van der Waals surface area (Å²) in [6.07, 6.45) is -0.133. The standard InChI is InChI=1S/C6H12N2O2.ClH/c1-5(9)10-6-4-7-2-3-8-6;/h6-8H,2-4H2,1H3;1H. The smallest absolute Gasteiger partial charge is 0.304 e. The molecule has 0 bridgehead atoms. The van der Waals surface area contributed by atoms with E-state index in [9.17, 15) is 4.79 Å². The van der Waals surface area contributed by atoms with Gasteiger partial charge in [0.05, 0.1) is 0 Å². The summed E-state index contributed by atoms with van der Waals surface area (Å²) < 4.78 is 4.88. The number of hydrogen-bond donors (Lipinski definition) is 2. The Hall–Kier alpha value is -0.320. The number of nitrogens with one attached hydrogen (secondary N) is 2. The predicted octanol–water partition coefficient (Wildman–Crippen LogP) is -0.510. The van der Waals surface area contributed by atoms with Crippen molar-refractivity contribution >= 4 is 18.4 Å². The SMILES string of the molecule is CC(=O)OC1CNCCN1.Cl. The first-order chi connectivity index (χ1) is 4.79. The maximum absolute atomic E-state index is 10.4. The number of ether oxygens (including phenoxy) is 1. The van der Waals surface area contributed by atoms with E-state index in [1.165, 1.54) is 6.92 Å². The summed E-state index contributed by atoms with van der Waals surface area (Å²) in [4.78, 5) is 10.4. The molecule has 66 valence electrons. The Balaban J connectivity index is 0.000001000. The fourth-order valence-electron chi connectivity index (χ4n) is 0.911. The summed E-state index contributed by atoms with van der Waals surface area (Å²) in [6.45, 7) is 3.92. The fourth-order valence-corrected chi connectivity index (χ4v) is 0.911. The summed E-state index contributed by atoms with van der Waals surface area (Å²) in [5.74, 6) is -0.235. The Labute approximate surface area is 72.1 Å². The van der Waals surface area contributed by atoms with Crippen molar-refractivity contribution < 1.29 is 9.53 Å². The molecule has 0 spiro atoms. The second-order valence-corrected chi connectivity index (χ2v) is 2.26. The van der Waals surface area contributed by atoms with Crippen molar-refractivity contribution in [2.75, 3.05) is 19.6 Å². The van der Waals surface area contributed by atoms with Crippen LogP contribution in [0.15, 0.2) is 0 Å². The molecular formula is C6H13ClN2O2. The maximum Gasteiger partial charge on any atom is 0.304 e. The molecule has 1 saturated heterocycles. The largest absolute Gasteiger partial charge is 0.445 e. The van der Waals surface area contributed by atoms with E-state index >= 15 is 0 Å². The van der Waals surface area contributed by atoms with Gasteiger partial charge in [-0.05, 0) is 0 Å². The average molecular weight is 181 g/mol. The average Bonchev–Trinajstić information content (AvgIpc) is 1.88. The van der Waals surface area contributed by atoms with Gasteiger partial charge in [0.2, 0.25) is 0 Å².